The van der Waals surface area contributed by atoms with E-state index in [0.717, 1.165) is 23.3 Å². The molecule has 0 radical (unpaired) electrons. The van der Waals surface area contributed by atoms with Gasteiger partial charge in [-0.05, 0) is 73.0 Å². The number of piperidine rings is 1. The van der Waals surface area contributed by atoms with Crippen molar-refractivity contribution in [2.45, 2.75) is 38.1 Å². The smallest absolute Gasteiger partial charge is 0.137 e. The minimum absolute atomic E-state index is 0.414. The van der Waals surface area contributed by atoms with Crippen LogP contribution in [0.4, 0.5) is 5.82 Å². The highest BCUT2D eigenvalue weighted by atomic mass is 127. The maximum absolute atomic E-state index is 4.50. The summed E-state index contributed by atoms with van der Waals surface area (Å²) in [5.41, 5.74) is 1.43. The summed E-state index contributed by atoms with van der Waals surface area (Å²) in [5, 5.41) is 8.51. The van der Waals surface area contributed by atoms with Gasteiger partial charge in [-0.3, -0.25) is 0 Å². The van der Waals surface area contributed by atoms with Gasteiger partial charge in [0.05, 0.1) is 5.52 Å². The van der Waals surface area contributed by atoms with Crippen molar-refractivity contribution >= 4 is 39.3 Å². The van der Waals surface area contributed by atoms with Crippen molar-refractivity contribution < 1.29 is 0 Å². The Labute approximate surface area is 144 Å². The molecule has 0 spiro atoms. The minimum atomic E-state index is 0.414. The average molecular weight is 408 g/mol. The van der Waals surface area contributed by atoms with Gasteiger partial charge in [-0.2, -0.15) is 0 Å². The summed E-state index contributed by atoms with van der Waals surface area (Å²) in [4.78, 5) is 8.87. The predicted molar refractivity (Wildman–Crippen MR) is 98.1 cm³/mol. The Bertz CT molecular complexity index is 689. The number of anilines is 1. The van der Waals surface area contributed by atoms with E-state index >= 15 is 0 Å². The second kappa shape index (κ2) is 5.92. The fraction of sp³-hybridized carbons (Fsp3) is 0.529. The highest BCUT2D eigenvalue weighted by Gasteiger charge is 2.43. The normalized spacial score (nSPS) is 27.8. The molecule has 22 heavy (non-hydrogen) atoms. The lowest BCUT2D eigenvalue weighted by Gasteiger charge is -2.40. The number of aromatic nitrogens is 2. The number of halogens is 1. The van der Waals surface area contributed by atoms with E-state index < -0.39 is 0 Å². The van der Waals surface area contributed by atoms with Gasteiger partial charge in [0.15, 0.2) is 0 Å². The highest BCUT2D eigenvalue weighted by Crippen LogP contribution is 2.44. The van der Waals surface area contributed by atoms with Crippen molar-refractivity contribution in [3.63, 3.8) is 0 Å². The summed E-state index contributed by atoms with van der Waals surface area (Å²) in [7, 11) is 0. The third-order valence-corrected chi connectivity index (χ3v) is 6.03. The summed E-state index contributed by atoms with van der Waals surface area (Å²) in [6, 6.07) is 7.02. The van der Waals surface area contributed by atoms with Crippen molar-refractivity contribution in [3.05, 3.63) is 28.1 Å². The van der Waals surface area contributed by atoms with Gasteiger partial charge in [0.1, 0.15) is 12.1 Å². The largest absolute Gasteiger partial charge is 0.369 e. The van der Waals surface area contributed by atoms with Crippen LogP contribution < -0.4 is 10.6 Å². The Morgan fingerprint density at radius 3 is 3.14 bits per heavy atom. The van der Waals surface area contributed by atoms with Gasteiger partial charge in [-0.1, -0.05) is 6.42 Å². The third kappa shape index (κ3) is 2.58. The number of nitrogens with zero attached hydrogens (tertiary/aromatic N) is 2. The fourth-order valence-electron chi connectivity index (χ4n) is 4.20. The zero-order chi connectivity index (χ0) is 15.0. The first-order valence-electron chi connectivity index (χ1n) is 8.14. The molecule has 2 fully saturated rings. The number of nitrogens with one attached hydrogen (secondary N) is 2. The molecule has 2 aromatic rings. The zero-order valence-corrected chi connectivity index (χ0v) is 14.8. The molecule has 2 aliphatic rings. The summed E-state index contributed by atoms with van der Waals surface area (Å²) < 4.78 is 1.22. The number of fused-ring (bicyclic) bond motifs is 2. The SMILES string of the molecule is Ic1ccc2ncnc(NCC34CCCNC3CCC4)c2c1. The molecule has 1 saturated carbocycles. The highest BCUT2D eigenvalue weighted by molar-refractivity contribution is 14.1. The van der Waals surface area contributed by atoms with Crippen LogP contribution in [0.3, 0.4) is 0 Å². The van der Waals surface area contributed by atoms with Crippen LogP contribution >= 0.6 is 22.6 Å². The number of hydrogen-bond donors (Lipinski definition) is 2. The van der Waals surface area contributed by atoms with E-state index in [9.17, 15) is 0 Å². The molecule has 2 heterocycles. The molecular weight excluding hydrogens is 387 g/mol. The fourth-order valence-corrected chi connectivity index (χ4v) is 4.69. The van der Waals surface area contributed by atoms with E-state index in [1.165, 1.54) is 42.2 Å². The van der Waals surface area contributed by atoms with Gasteiger partial charge in [-0.25, -0.2) is 9.97 Å². The van der Waals surface area contributed by atoms with E-state index in [1.54, 1.807) is 6.33 Å². The van der Waals surface area contributed by atoms with Crippen LogP contribution in [0.1, 0.15) is 32.1 Å². The Morgan fingerprint density at radius 1 is 1.27 bits per heavy atom. The topological polar surface area (TPSA) is 49.8 Å². The van der Waals surface area contributed by atoms with E-state index in [4.69, 9.17) is 0 Å². The standard InChI is InChI=1S/C17H21IN4/c18-12-4-5-14-13(9-12)16(22-11-21-14)20-10-17-6-1-3-15(17)19-8-2-7-17/h4-5,9,11,15,19H,1-3,6-8,10H2,(H,20,21,22). The van der Waals surface area contributed by atoms with Crippen LogP contribution in [0.15, 0.2) is 24.5 Å². The van der Waals surface area contributed by atoms with E-state index in [-0.39, 0.29) is 0 Å². The monoisotopic (exact) mass is 408 g/mol. The van der Waals surface area contributed by atoms with Crippen LogP contribution in [0, 0.1) is 8.99 Å². The lowest BCUT2D eigenvalue weighted by atomic mass is 9.76. The molecule has 1 aliphatic carbocycles. The summed E-state index contributed by atoms with van der Waals surface area (Å²) in [6.45, 7) is 2.20. The van der Waals surface area contributed by atoms with Crippen molar-refractivity contribution in [3.8, 4) is 0 Å². The second-order valence-corrected chi connectivity index (χ2v) is 7.85. The van der Waals surface area contributed by atoms with E-state index in [0.29, 0.717) is 11.5 Å². The predicted octanol–water partition coefficient (Wildman–Crippen LogP) is 3.57. The molecule has 4 nitrogen and oxygen atoms in total. The Balaban J connectivity index is 1.60. The molecule has 0 bridgehead atoms. The van der Waals surface area contributed by atoms with Gasteiger partial charge < -0.3 is 10.6 Å². The molecule has 1 aliphatic heterocycles. The lowest BCUT2D eigenvalue weighted by molar-refractivity contribution is 0.181. The number of hydrogen-bond acceptors (Lipinski definition) is 4. The maximum atomic E-state index is 4.50. The van der Waals surface area contributed by atoms with Crippen molar-refractivity contribution in [2.24, 2.45) is 5.41 Å². The summed E-state index contributed by atoms with van der Waals surface area (Å²) in [6.07, 6.45) is 8.29. The van der Waals surface area contributed by atoms with E-state index in [1.807, 2.05) is 0 Å². The molecule has 0 amide bonds. The zero-order valence-electron chi connectivity index (χ0n) is 12.6. The number of benzene rings is 1. The van der Waals surface area contributed by atoms with Crippen molar-refractivity contribution in [1.29, 1.82) is 0 Å². The maximum Gasteiger partial charge on any atom is 0.137 e. The molecule has 4 rings (SSSR count). The summed E-state index contributed by atoms with van der Waals surface area (Å²) >= 11 is 2.35. The Hall–Kier alpha value is -0.950. The Kier molecular flexibility index (Phi) is 3.94. The first kappa shape index (κ1) is 14.6. The van der Waals surface area contributed by atoms with Crippen LogP contribution in [0.5, 0.6) is 0 Å². The third-order valence-electron chi connectivity index (χ3n) is 5.35. The molecule has 2 atom stereocenters. The molecule has 5 heteroatoms. The molecule has 2 unspecified atom stereocenters. The van der Waals surface area contributed by atoms with Crippen molar-refractivity contribution in [1.82, 2.24) is 15.3 Å². The van der Waals surface area contributed by atoms with E-state index in [2.05, 4.69) is 61.4 Å². The quantitative estimate of drug-likeness (QED) is 0.763. The molecule has 116 valence electrons. The van der Waals surface area contributed by atoms with Crippen molar-refractivity contribution in [2.75, 3.05) is 18.4 Å². The van der Waals surface area contributed by atoms with Gasteiger partial charge in [0.25, 0.3) is 0 Å². The molecule has 2 N–H and O–H groups in total. The number of rotatable bonds is 3. The summed E-state index contributed by atoms with van der Waals surface area (Å²) in [5.74, 6) is 0.981. The second-order valence-electron chi connectivity index (χ2n) is 6.60. The van der Waals surface area contributed by atoms with Gasteiger partial charge in [0, 0.05) is 27.0 Å². The first-order valence-corrected chi connectivity index (χ1v) is 9.22. The van der Waals surface area contributed by atoms with Gasteiger partial charge in [-0.15, -0.1) is 0 Å². The minimum Gasteiger partial charge on any atom is -0.369 e. The average Bonchev–Trinajstić information content (AvgIpc) is 2.97. The Morgan fingerprint density at radius 2 is 2.18 bits per heavy atom. The molecular formula is C17H21IN4. The molecule has 1 aromatic heterocycles. The van der Waals surface area contributed by atoms with Crippen LogP contribution in [-0.4, -0.2) is 29.1 Å². The van der Waals surface area contributed by atoms with Gasteiger partial charge >= 0.3 is 0 Å². The van der Waals surface area contributed by atoms with Crippen LogP contribution in [-0.2, 0) is 0 Å². The van der Waals surface area contributed by atoms with Gasteiger partial charge in [0.2, 0.25) is 0 Å². The first-order chi connectivity index (χ1) is 10.8. The molecule has 1 aromatic carbocycles. The van der Waals surface area contributed by atoms with Crippen LogP contribution in [0.25, 0.3) is 10.9 Å². The van der Waals surface area contributed by atoms with Crippen LogP contribution in [0.2, 0.25) is 0 Å². The molecule has 1 saturated heterocycles. The lowest BCUT2D eigenvalue weighted by Crippen LogP contribution is -2.49.